The fourth-order valence-corrected chi connectivity index (χ4v) is 2.24. The molecular formula is C14H13N3S. The molecule has 2 aromatic heterocycles. The zero-order valence-corrected chi connectivity index (χ0v) is 11.1. The summed E-state index contributed by atoms with van der Waals surface area (Å²) in [4.78, 5) is 10.9. The summed E-state index contributed by atoms with van der Waals surface area (Å²) in [5, 5.41) is 0. The molecule has 90 valence electrons. The highest BCUT2D eigenvalue weighted by molar-refractivity contribution is 7.71. The van der Waals surface area contributed by atoms with Gasteiger partial charge in [0.15, 0.2) is 0 Å². The number of rotatable bonds is 1. The van der Waals surface area contributed by atoms with Crippen LogP contribution in [0.15, 0.2) is 30.5 Å². The molecule has 0 amide bonds. The second-order valence-corrected chi connectivity index (χ2v) is 4.86. The molecule has 0 atom stereocenters. The molecule has 2 N–H and O–H groups in total. The fourth-order valence-electron chi connectivity index (χ4n) is 2.01. The van der Waals surface area contributed by atoms with Gasteiger partial charge in [-0.15, -0.1) is 0 Å². The van der Waals surface area contributed by atoms with Gasteiger partial charge in [0, 0.05) is 6.20 Å². The standard InChI is InChI=1S/C14H13N3S/c1-8-6-11-12(7-9(8)2)17-13(16-11)10-4-3-5-15-14(10)18/h3-7H,1-2H3,(H,15,18)(H,16,17). The van der Waals surface area contributed by atoms with Crippen LogP contribution in [0, 0.1) is 18.5 Å². The van der Waals surface area contributed by atoms with Gasteiger partial charge in [0.25, 0.3) is 0 Å². The largest absolute Gasteiger partial charge is 0.352 e. The van der Waals surface area contributed by atoms with Crippen LogP contribution in [0.3, 0.4) is 0 Å². The SMILES string of the molecule is Cc1cc2nc(-c3ccc[nH]c3=S)[nH]c2cc1C. The molecular weight excluding hydrogens is 242 g/mol. The average molecular weight is 255 g/mol. The molecule has 0 fully saturated rings. The van der Waals surface area contributed by atoms with E-state index in [1.54, 1.807) is 0 Å². The van der Waals surface area contributed by atoms with Crippen molar-refractivity contribution < 1.29 is 0 Å². The van der Waals surface area contributed by atoms with Crippen molar-refractivity contribution in [3.63, 3.8) is 0 Å². The fraction of sp³-hybridized carbons (Fsp3) is 0.143. The Morgan fingerprint density at radius 2 is 1.94 bits per heavy atom. The third-order valence-corrected chi connectivity index (χ3v) is 3.51. The van der Waals surface area contributed by atoms with Crippen LogP contribution in [0.1, 0.15) is 11.1 Å². The van der Waals surface area contributed by atoms with Gasteiger partial charge in [-0.2, -0.15) is 0 Å². The lowest BCUT2D eigenvalue weighted by atomic mass is 10.1. The summed E-state index contributed by atoms with van der Waals surface area (Å²) in [6.45, 7) is 4.20. The maximum atomic E-state index is 5.27. The first-order valence-electron chi connectivity index (χ1n) is 5.80. The van der Waals surface area contributed by atoms with Gasteiger partial charge >= 0.3 is 0 Å². The quantitative estimate of drug-likeness (QED) is 0.648. The van der Waals surface area contributed by atoms with Crippen LogP contribution in [-0.2, 0) is 0 Å². The maximum absolute atomic E-state index is 5.27. The lowest BCUT2D eigenvalue weighted by Crippen LogP contribution is -1.83. The van der Waals surface area contributed by atoms with E-state index in [1.807, 2.05) is 18.3 Å². The van der Waals surface area contributed by atoms with Crippen molar-refractivity contribution in [1.29, 1.82) is 0 Å². The number of pyridine rings is 1. The summed E-state index contributed by atoms with van der Waals surface area (Å²) < 4.78 is 0.699. The molecule has 1 aromatic carbocycles. The van der Waals surface area contributed by atoms with E-state index >= 15 is 0 Å². The van der Waals surface area contributed by atoms with Crippen molar-refractivity contribution in [3.05, 3.63) is 46.2 Å². The first-order chi connectivity index (χ1) is 8.65. The molecule has 2 heterocycles. The molecule has 0 saturated carbocycles. The van der Waals surface area contributed by atoms with E-state index < -0.39 is 0 Å². The molecule has 3 nitrogen and oxygen atoms in total. The van der Waals surface area contributed by atoms with Crippen LogP contribution in [0.4, 0.5) is 0 Å². The average Bonchev–Trinajstić information content (AvgIpc) is 2.73. The minimum absolute atomic E-state index is 0.699. The minimum atomic E-state index is 0.699. The Labute approximate surface area is 110 Å². The second kappa shape index (κ2) is 4.07. The Morgan fingerprint density at radius 3 is 2.72 bits per heavy atom. The number of H-pyrrole nitrogens is 2. The third-order valence-electron chi connectivity index (χ3n) is 3.17. The van der Waals surface area contributed by atoms with Gasteiger partial charge in [0.05, 0.1) is 16.6 Å². The van der Waals surface area contributed by atoms with Crippen LogP contribution >= 0.6 is 12.2 Å². The van der Waals surface area contributed by atoms with Gasteiger partial charge in [-0.3, -0.25) is 0 Å². The molecule has 0 bridgehead atoms. The number of imidazole rings is 1. The van der Waals surface area contributed by atoms with Crippen molar-refractivity contribution in [2.45, 2.75) is 13.8 Å². The highest BCUT2D eigenvalue weighted by Crippen LogP contribution is 2.23. The Balaban J connectivity index is 2.26. The normalized spacial score (nSPS) is 11.0. The van der Waals surface area contributed by atoms with Crippen LogP contribution in [0.25, 0.3) is 22.4 Å². The molecule has 0 aliphatic carbocycles. The molecule has 0 spiro atoms. The molecule has 0 saturated heterocycles. The van der Waals surface area contributed by atoms with E-state index in [-0.39, 0.29) is 0 Å². The molecule has 0 unspecified atom stereocenters. The first kappa shape index (κ1) is 11.2. The number of hydrogen-bond acceptors (Lipinski definition) is 2. The number of aromatic nitrogens is 3. The first-order valence-corrected chi connectivity index (χ1v) is 6.21. The number of aryl methyl sites for hydroxylation is 2. The minimum Gasteiger partial charge on any atom is -0.352 e. The van der Waals surface area contributed by atoms with E-state index in [0.717, 1.165) is 22.4 Å². The smallest absolute Gasteiger partial charge is 0.141 e. The van der Waals surface area contributed by atoms with E-state index in [9.17, 15) is 0 Å². The predicted octanol–water partition coefficient (Wildman–Crippen LogP) is 3.90. The molecule has 3 rings (SSSR count). The van der Waals surface area contributed by atoms with Crippen molar-refractivity contribution in [3.8, 4) is 11.4 Å². The Kier molecular flexibility index (Phi) is 2.52. The van der Waals surface area contributed by atoms with Gasteiger partial charge < -0.3 is 9.97 Å². The number of hydrogen-bond donors (Lipinski definition) is 2. The summed E-state index contributed by atoms with van der Waals surface area (Å²) >= 11 is 5.27. The number of benzene rings is 1. The zero-order valence-electron chi connectivity index (χ0n) is 10.2. The molecule has 18 heavy (non-hydrogen) atoms. The lowest BCUT2D eigenvalue weighted by molar-refractivity contribution is 1.25. The molecule has 0 aliphatic heterocycles. The van der Waals surface area contributed by atoms with Gasteiger partial charge in [-0.25, -0.2) is 4.98 Å². The van der Waals surface area contributed by atoms with Crippen molar-refractivity contribution in [2.75, 3.05) is 0 Å². The Hall–Kier alpha value is -1.94. The second-order valence-electron chi connectivity index (χ2n) is 4.45. The number of nitrogens with one attached hydrogen (secondary N) is 2. The van der Waals surface area contributed by atoms with Gasteiger partial charge in [0.1, 0.15) is 10.5 Å². The molecule has 0 radical (unpaired) electrons. The van der Waals surface area contributed by atoms with Crippen LogP contribution < -0.4 is 0 Å². The summed E-state index contributed by atoms with van der Waals surface area (Å²) in [5.74, 6) is 0.817. The molecule has 0 aliphatic rings. The van der Waals surface area contributed by atoms with Crippen LogP contribution in [-0.4, -0.2) is 15.0 Å². The summed E-state index contributed by atoms with van der Waals surface area (Å²) in [7, 11) is 0. The number of nitrogens with zero attached hydrogens (tertiary/aromatic N) is 1. The monoisotopic (exact) mass is 255 g/mol. The van der Waals surface area contributed by atoms with Gasteiger partial charge in [-0.05, 0) is 49.2 Å². The van der Waals surface area contributed by atoms with Crippen molar-refractivity contribution >= 4 is 23.3 Å². The van der Waals surface area contributed by atoms with E-state index in [2.05, 4.69) is 40.9 Å². The third kappa shape index (κ3) is 1.75. The van der Waals surface area contributed by atoms with Crippen molar-refractivity contribution in [1.82, 2.24) is 15.0 Å². The van der Waals surface area contributed by atoms with Gasteiger partial charge in [0.2, 0.25) is 0 Å². The van der Waals surface area contributed by atoms with Gasteiger partial charge in [-0.1, -0.05) is 12.2 Å². The van der Waals surface area contributed by atoms with E-state index in [0.29, 0.717) is 4.64 Å². The molecule has 3 aromatic rings. The predicted molar refractivity (Wildman–Crippen MR) is 76.2 cm³/mol. The number of aromatic amines is 2. The van der Waals surface area contributed by atoms with E-state index in [4.69, 9.17) is 12.2 Å². The van der Waals surface area contributed by atoms with Crippen LogP contribution in [0.5, 0.6) is 0 Å². The van der Waals surface area contributed by atoms with Crippen molar-refractivity contribution in [2.24, 2.45) is 0 Å². The maximum Gasteiger partial charge on any atom is 0.141 e. The van der Waals surface area contributed by atoms with Crippen LogP contribution in [0.2, 0.25) is 0 Å². The summed E-state index contributed by atoms with van der Waals surface area (Å²) in [5.41, 5.74) is 5.46. The lowest BCUT2D eigenvalue weighted by Gasteiger charge is -1.97. The van der Waals surface area contributed by atoms with E-state index in [1.165, 1.54) is 11.1 Å². The number of fused-ring (bicyclic) bond motifs is 1. The molecule has 4 heteroatoms. The summed E-state index contributed by atoms with van der Waals surface area (Å²) in [6.07, 6.45) is 1.82. The Bertz CT molecular complexity index is 744. The zero-order chi connectivity index (χ0) is 12.7. The highest BCUT2D eigenvalue weighted by Gasteiger charge is 2.07. The Morgan fingerprint density at radius 1 is 1.17 bits per heavy atom. The summed E-state index contributed by atoms with van der Waals surface area (Å²) in [6, 6.07) is 8.11. The highest BCUT2D eigenvalue weighted by atomic mass is 32.1. The topological polar surface area (TPSA) is 44.5 Å².